The summed E-state index contributed by atoms with van der Waals surface area (Å²) < 4.78 is 39.3. The third-order valence-corrected chi connectivity index (χ3v) is 3.62. The second-order valence-corrected chi connectivity index (χ2v) is 5.46. The smallest absolute Gasteiger partial charge is 0.368 e. The molecular weight excluding hydrogens is 329 g/mol. The second kappa shape index (κ2) is 6.62. The summed E-state index contributed by atoms with van der Waals surface area (Å²) in [7, 11) is 0. The van der Waals surface area contributed by atoms with Crippen molar-refractivity contribution in [2.24, 2.45) is 0 Å². The lowest BCUT2D eigenvalue weighted by Crippen LogP contribution is -2.18. The Balaban J connectivity index is 2.39. The predicted molar refractivity (Wildman–Crippen MR) is 84.3 cm³/mol. The molecule has 1 atom stereocenters. The molecule has 1 aromatic heterocycles. The molecule has 0 bridgehead atoms. The molecule has 0 fully saturated rings. The third-order valence-electron chi connectivity index (χ3n) is 3.37. The van der Waals surface area contributed by atoms with Crippen molar-refractivity contribution in [2.75, 3.05) is 11.1 Å². The number of alkyl halides is 3. The summed E-state index contributed by atoms with van der Waals surface area (Å²) in [6.45, 7) is 3.43. The minimum Gasteiger partial charge on any atom is -0.368 e. The zero-order valence-electron chi connectivity index (χ0n) is 12.6. The fraction of sp³-hybridized carbons (Fsp3) is 0.333. The van der Waals surface area contributed by atoms with E-state index in [1.807, 2.05) is 6.92 Å². The van der Waals surface area contributed by atoms with Gasteiger partial charge in [0, 0.05) is 16.6 Å². The van der Waals surface area contributed by atoms with Crippen LogP contribution < -0.4 is 11.1 Å². The Kier molecular flexibility index (Phi) is 4.99. The lowest BCUT2D eigenvalue weighted by molar-refractivity contribution is -0.141. The van der Waals surface area contributed by atoms with Crippen LogP contribution in [-0.4, -0.2) is 9.97 Å². The van der Waals surface area contributed by atoms with Gasteiger partial charge in [0.05, 0.1) is 0 Å². The molecule has 0 amide bonds. The summed E-state index contributed by atoms with van der Waals surface area (Å²) in [5.41, 5.74) is 5.29. The van der Waals surface area contributed by atoms with E-state index in [2.05, 4.69) is 15.3 Å². The highest BCUT2D eigenvalue weighted by Crippen LogP contribution is 2.34. The third kappa shape index (κ3) is 4.04. The minimum atomic E-state index is -4.58. The molecule has 2 aromatic rings. The Hall–Kier alpha value is -2.02. The molecule has 8 heteroatoms. The van der Waals surface area contributed by atoms with E-state index in [4.69, 9.17) is 17.3 Å². The number of rotatable bonds is 4. The Morgan fingerprint density at radius 3 is 2.35 bits per heavy atom. The number of nitrogens with two attached hydrogens (primary N) is 1. The molecule has 1 heterocycles. The predicted octanol–water partition coefficient (Wildman–Crippen LogP) is 4.47. The lowest BCUT2D eigenvalue weighted by atomic mass is 10.1. The van der Waals surface area contributed by atoms with Crippen molar-refractivity contribution in [3.05, 3.63) is 46.1 Å². The van der Waals surface area contributed by atoms with Crippen LogP contribution >= 0.6 is 11.6 Å². The lowest BCUT2D eigenvalue weighted by Gasteiger charge is -2.20. The van der Waals surface area contributed by atoms with Gasteiger partial charge in [-0.05, 0) is 31.0 Å². The Morgan fingerprint density at radius 1 is 1.22 bits per heavy atom. The van der Waals surface area contributed by atoms with Gasteiger partial charge in [0.15, 0.2) is 5.69 Å². The van der Waals surface area contributed by atoms with Gasteiger partial charge in [0.25, 0.3) is 0 Å². The molecule has 0 spiro atoms. The molecule has 0 aliphatic carbocycles. The number of benzene rings is 1. The van der Waals surface area contributed by atoms with Crippen LogP contribution in [0.4, 0.5) is 24.9 Å². The molecule has 1 unspecified atom stereocenters. The number of nitrogens with one attached hydrogen (secondary N) is 1. The van der Waals surface area contributed by atoms with Crippen LogP contribution in [0.2, 0.25) is 5.02 Å². The van der Waals surface area contributed by atoms with Crippen molar-refractivity contribution in [1.82, 2.24) is 9.97 Å². The fourth-order valence-corrected chi connectivity index (χ4v) is 2.36. The first-order valence-corrected chi connectivity index (χ1v) is 7.35. The number of nitrogens with zero attached hydrogens (tertiary/aromatic N) is 2. The van der Waals surface area contributed by atoms with Crippen LogP contribution in [-0.2, 0) is 12.6 Å². The zero-order valence-corrected chi connectivity index (χ0v) is 13.3. The van der Waals surface area contributed by atoms with E-state index in [0.717, 1.165) is 5.56 Å². The Bertz CT molecular complexity index is 686. The van der Waals surface area contributed by atoms with Crippen LogP contribution in [0.15, 0.2) is 24.3 Å². The van der Waals surface area contributed by atoms with Gasteiger partial charge >= 0.3 is 6.18 Å². The molecule has 0 saturated carbocycles. The normalized spacial score (nSPS) is 13.0. The number of nitrogen functional groups attached to an aromatic ring is 1. The van der Waals surface area contributed by atoms with E-state index in [0.29, 0.717) is 5.02 Å². The zero-order chi connectivity index (χ0) is 17.2. The maximum atomic E-state index is 13.1. The summed E-state index contributed by atoms with van der Waals surface area (Å²) in [5.74, 6) is -0.324. The van der Waals surface area contributed by atoms with Crippen molar-refractivity contribution in [3.63, 3.8) is 0 Å². The van der Waals surface area contributed by atoms with Crippen LogP contribution in [0.25, 0.3) is 0 Å². The van der Waals surface area contributed by atoms with Gasteiger partial charge in [-0.25, -0.2) is 4.98 Å². The van der Waals surface area contributed by atoms with Crippen molar-refractivity contribution in [1.29, 1.82) is 0 Å². The van der Waals surface area contributed by atoms with E-state index < -0.39 is 17.8 Å². The number of halogens is 4. The maximum absolute atomic E-state index is 13.1. The van der Waals surface area contributed by atoms with Gasteiger partial charge in [-0.15, -0.1) is 0 Å². The highest BCUT2D eigenvalue weighted by atomic mass is 35.5. The van der Waals surface area contributed by atoms with Crippen LogP contribution in [0.3, 0.4) is 0 Å². The van der Waals surface area contributed by atoms with Crippen molar-refractivity contribution in [2.45, 2.75) is 32.5 Å². The summed E-state index contributed by atoms with van der Waals surface area (Å²) in [6, 6.07) is 6.74. The van der Waals surface area contributed by atoms with Crippen molar-refractivity contribution < 1.29 is 13.2 Å². The first kappa shape index (κ1) is 17.3. The van der Waals surface area contributed by atoms with Gasteiger partial charge in [0.1, 0.15) is 5.82 Å². The van der Waals surface area contributed by atoms with Crippen LogP contribution in [0.5, 0.6) is 0 Å². The molecule has 0 saturated heterocycles. The van der Waals surface area contributed by atoms with Gasteiger partial charge in [-0.3, -0.25) is 0 Å². The summed E-state index contributed by atoms with van der Waals surface area (Å²) >= 11 is 5.83. The summed E-state index contributed by atoms with van der Waals surface area (Å²) in [4.78, 5) is 7.28. The monoisotopic (exact) mass is 344 g/mol. The Morgan fingerprint density at radius 2 is 1.83 bits per heavy atom. The standard InChI is InChI=1S/C15H16ClF3N4/c1-3-11-12(15(17,18)19)22-14(20)23-13(11)21-8(2)9-4-6-10(16)7-5-9/h4-8H,3H2,1-2H3,(H3,20,21,22,23). The van der Waals surface area contributed by atoms with E-state index in [1.165, 1.54) is 0 Å². The van der Waals surface area contributed by atoms with E-state index in [-0.39, 0.29) is 23.8 Å². The number of aromatic nitrogens is 2. The van der Waals surface area contributed by atoms with Crippen LogP contribution in [0, 0.1) is 0 Å². The molecule has 0 aliphatic rings. The quantitative estimate of drug-likeness (QED) is 0.859. The molecule has 0 radical (unpaired) electrons. The van der Waals surface area contributed by atoms with Gasteiger partial charge < -0.3 is 11.1 Å². The average molecular weight is 345 g/mol. The molecule has 23 heavy (non-hydrogen) atoms. The minimum absolute atomic E-state index is 0.00693. The largest absolute Gasteiger partial charge is 0.433 e. The first-order valence-electron chi connectivity index (χ1n) is 6.98. The van der Waals surface area contributed by atoms with E-state index >= 15 is 0 Å². The molecule has 1 aromatic carbocycles. The first-order chi connectivity index (χ1) is 10.7. The fourth-order valence-electron chi connectivity index (χ4n) is 2.23. The number of hydrogen-bond acceptors (Lipinski definition) is 4. The average Bonchev–Trinajstić information content (AvgIpc) is 2.46. The van der Waals surface area contributed by atoms with Gasteiger partial charge in [-0.2, -0.15) is 18.2 Å². The summed E-state index contributed by atoms with van der Waals surface area (Å²) in [5, 5.41) is 3.56. The topological polar surface area (TPSA) is 63.8 Å². The molecule has 3 N–H and O–H groups in total. The van der Waals surface area contributed by atoms with Crippen molar-refractivity contribution >= 4 is 23.4 Å². The van der Waals surface area contributed by atoms with Crippen molar-refractivity contribution in [3.8, 4) is 0 Å². The Labute approximate surface area is 136 Å². The highest BCUT2D eigenvalue weighted by Gasteiger charge is 2.37. The second-order valence-electron chi connectivity index (χ2n) is 5.03. The van der Waals surface area contributed by atoms with E-state index in [1.54, 1.807) is 31.2 Å². The maximum Gasteiger partial charge on any atom is 0.433 e. The van der Waals surface area contributed by atoms with Gasteiger partial charge in [-0.1, -0.05) is 30.7 Å². The van der Waals surface area contributed by atoms with Gasteiger partial charge in [0.2, 0.25) is 5.95 Å². The molecular formula is C15H16ClF3N4. The number of anilines is 2. The SMILES string of the molecule is CCc1c(NC(C)c2ccc(Cl)cc2)nc(N)nc1C(F)(F)F. The highest BCUT2D eigenvalue weighted by molar-refractivity contribution is 6.30. The summed E-state index contributed by atoms with van der Waals surface area (Å²) in [6.07, 6.45) is -4.45. The van der Waals surface area contributed by atoms with Crippen LogP contribution in [0.1, 0.15) is 36.7 Å². The van der Waals surface area contributed by atoms with E-state index in [9.17, 15) is 13.2 Å². The molecule has 4 nitrogen and oxygen atoms in total. The molecule has 0 aliphatic heterocycles. The molecule has 2 rings (SSSR count). The molecule has 124 valence electrons. The number of hydrogen-bond donors (Lipinski definition) is 2.